The van der Waals surface area contributed by atoms with Crippen LogP contribution in [0.15, 0.2) is 36.4 Å². The molecule has 1 atom stereocenters. The number of amides is 2. The van der Waals surface area contributed by atoms with Crippen LogP contribution in [0, 0.1) is 25.6 Å². The molecule has 0 spiro atoms. The van der Waals surface area contributed by atoms with Crippen LogP contribution in [0.4, 0.5) is 10.1 Å². The minimum Gasteiger partial charge on any atom is -0.496 e. The Labute approximate surface area is 164 Å². The molecule has 0 radical (unpaired) electrons. The van der Waals surface area contributed by atoms with E-state index in [1.165, 1.54) is 11.0 Å². The van der Waals surface area contributed by atoms with Crippen molar-refractivity contribution in [3.8, 4) is 5.75 Å². The van der Waals surface area contributed by atoms with Gasteiger partial charge in [0.25, 0.3) is 0 Å². The second kappa shape index (κ2) is 8.42. The van der Waals surface area contributed by atoms with Gasteiger partial charge in [0.05, 0.1) is 13.0 Å². The molecule has 1 aliphatic heterocycles. The molecule has 1 aliphatic rings. The lowest BCUT2D eigenvalue weighted by Gasteiger charge is -2.17. The Kier molecular flexibility index (Phi) is 5.97. The number of ether oxygens (including phenoxy) is 1. The van der Waals surface area contributed by atoms with Gasteiger partial charge in [0, 0.05) is 25.2 Å². The molecule has 28 heavy (non-hydrogen) atoms. The summed E-state index contributed by atoms with van der Waals surface area (Å²) in [5.74, 6) is -0.316. The molecule has 6 heteroatoms. The van der Waals surface area contributed by atoms with Crippen molar-refractivity contribution in [3.63, 3.8) is 0 Å². The van der Waals surface area contributed by atoms with Gasteiger partial charge in [-0.25, -0.2) is 4.39 Å². The van der Waals surface area contributed by atoms with Gasteiger partial charge in [0.15, 0.2) is 0 Å². The molecule has 0 unspecified atom stereocenters. The van der Waals surface area contributed by atoms with E-state index in [0.717, 1.165) is 16.9 Å². The van der Waals surface area contributed by atoms with Crippen LogP contribution in [-0.2, 0) is 16.0 Å². The zero-order valence-electron chi connectivity index (χ0n) is 16.4. The second-order valence-corrected chi connectivity index (χ2v) is 7.20. The van der Waals surface area contributed by atoms with Crippen LogP contribution in [-0.4, -0.2) is 32.0 Å². The van der Waals surface area contributed by atoms with Crippen LogP contribution in [0.1, 0.15) is 23.1 Å². The minimum atomic E-state index is -0.434. The number of benzene rings is 2. The molecule has 2 aromatic carbocycles. The first-order valence-corrected chi connectivity index (χ1v) is 9.36. The molecule has 148 valence electrons. The second-order valence-electron chi connectivity index (χ2n) is 7.20. The highest BCUT2D eigenvalue weighted by Crippen LogP contribution is 2.27. The number of halogens is 1. The number of rotatable bonds is 6. The largest absolute Gasteiger partial charge is 0.496 e. The van der Waals surface area contributed by atoms with Crippen molar-refractivity contribution >= 4 is 17.5 Å². The smallest absolute Gasteiger partial charge is 0.227 e. The lowest BCUT2D eigenvalue weighted by molar-refractivity contribution is -0.126. The zero-order valence-corrected chi connectivity index (χ0v) is 16.4. The van der Waals surface area contributed by atoms with E-state index in [4.69, 9.17) is 4.74 Å². The molecule has 1 fully saturated rings. The van der Waals surface area contributed by atoms with Gasteiger partial charge in [0.1, 0.15) is 11.6 Å². The molecule has 2 aromatic rings. The Bertz CT molecular complexity index is 897. The van der Waals surface area contributed by atoms with Gasteiger partial charge in [-0.3, -0.25) is 9.59 Å². The summed E-state index contributed by atoms with van der Waals surface area (Å²) >= 11 is 0. The van der Waals surface area contributed by atoms with Crippen molar-refractivity contribution in [2.45, 2.75) is 26.7 Å². The SMILES string of the molecule is COc1ccc(C)cc1CCNC(=O)[C@@H]1CC(=O)N(c2ccc(C)c(F)c2)C1. The van der Waals surface area contributed by atoms with E-state index < -0.39 is 5.92 Å². The third-order valence-corrected chi connectivity index (χ3v) is 5.09. The summed E-state index contributed by atoms with van der Waals surface area (Å²) in [4.78, 5) is 26.3. The lowest BCUT2D eigenvalue weighted by Crippen LogP contribution is -2.34. The van der Waals surface area contributed by atoms with E-state index in [-0.39, 0.29) is 30.6 Å². The third kappa shape index (κ3) is 4.32. The highest BCUT2D eigenvalue weighted by molar-refractivity contribution is 6.00. The van der Waals surface area contributed by atoms with E-state index in [9.17, 15) is 14.0 Å². The Morgan fingerprint density at radius 1 is 1.25 bits per heavy atom. The number of anilines is 1. The fourth-order valence-corrected chi connectivity index (χ4v) is 3.45. The summed E-state index contributed by atoms with van der Waals surface area (Å²) in [7, 11) is 1.62. The van der Waals surface area contributed by atoms with Gasteiger partial charge in [-0.2, -0.15) is 0 Å². The number of nitrogens with one attached hydrogen (secondary N) is 1. The van der Waals surface area contributed by atoms with Crippen molar-refractivity contribution in [3.05, 3.63) is 58.9 Å². The van der Waals surface area contributed by atoms with Crippen LogP contribution < -0.4 is 15.0 Å². The summed E-state index contributed by atoms with van der Waals surface area (Å²) in [5.41, 5.74) is 3.18. The molecule has 0 aromatic heterocycles. The van der Waals surface area contributed by atoms with Crippen LogP contribution in [0.2, 0.25) is 0 Å². The topological polar surface area (TPSA) is 58.6 Å². The zero-order chi connectivity index (χ0) is 20.3. The fourth-order valence-electron chi connectivity index (χ4n) is 3.45. The summed E-state index contributed by atoms with van der Waals surface area (Å²) < 4.78 is 19.2. The molecule has 5 nitrogen and oxygen atoms in total. The molecule has 2 amide bonds. The van der Waals surface area contributed by atoms with Gasteiger partial charge >= 0.3 is 0 Å². The Hall–Kier alpha value is -2.89. The number of nitrogens with zero attached hydrogens (tertiary/aromatic N) is 1. The summed E-state index contributed by atoms with van der Waals surface area (Å²) in [6.45, 7) is 4.40. The maximum absolute atomic E-state index is 13.8. The van der Waals surface area contributed by atoms with Crippen LogP contribution in [0.5, 0.6) is 5.75 Å². The molecule has 1 saturated heterocycles. The predicted octanol–water partition coefficient (Wildman–Crippen LogP) is 3.16. The van der Waals surface area contributed by atoms with Gasteiger partial charge in [0.2, 0.25) is 11.8 Å². The van der Waals surface area contributed by atoms with Crippen LogP contribution in [0.25, 0.3) is 0 Å². The van der Waals surface area contributed by atoms with Crippen LogP contribution in [0.3, 0.4) is 0 Å². The molecular formula is C22H25FN2O3. The molecule has 1 heterocycles. The number of carbonyl (C=O) groups is 2. The Morgan fingerprint density at radius 3 is 2.75 bits per heavy atom. The fraction of sp³-hybridized carbons (Fsp3) is 0.364. The van der Waals surface area contributed by atoms with Crippen molar-refractivity contribution in [1.82, 2.24) is 5.32 Å². The van der Waals surface area contributed by atoms with E-state index in [2.05, 4.69) is 5.32 Å². The van der Waals surface area contributed by atoms with E-state index in [0.29, 0.717) is 24.2 Å². The molecule has 1 N–H and O–H groups in total. The quantitative estimate of drug-likeness (QED) is 0.832. The molecular weight excluding hydrogens is 359 g/mol. The maximum Gasteiger partial charge on any atom is 0.227 e. The molecule has 0 aliphatic carbocycles. The lowest BCUT2D eigenvalue weighted by atomic mass is 10.1. The van der Waals surface area contributed by atoms with E-state index in [1.54, 1.807) is 26.2 Å². The highest BCUT2D eigenvalue weighted by atomic mass is 19.1. The Morgan fingerprint density at radius 2 is 2.04 bits per heavy atom. The van der Waals surface area contributed by atoms with Crippen molar-refractivity contribution < 1.29 is 18.7 Å². The first-order chi connectivity index (χ1) is 13.4. The number of carbonyl (C=O) groups excluding carboxylic acids is 2. The van der Waals surface area contributed by atoms with Crippen molar-refractivity contribution in [2.24, 2.45) is 5.92 Å². The van der Waals surface area contributed by atoms with E-state index >= 15 is 0 Å². The van der Waals surface area contributed by atoms with Gasteiger partial charge in [-0.15, -0.1) is 0 Å². The number of hydrogen-bond donors (Lipinski definition) is 1. The van der Waals surface area contributed by atoms with Crippen LogP contribution >= 0.6 is 0 Å². The molecule has 3 rings (SSSR count). The summed E-state index contributed by atoms with van der Waals surface area (Å²) in [5, 5.41) is 2.91. The standard InChI is InChI=1S/C22H25FN2O3/c1-14-4-7-20(28-3)16(10-14)8-9-24-22(27)17-11-21(26)25(13-17)18-6-5-15(2)19(23)12-18/h4-7,10,12,17H,8-9,11,13H2,1-3H3,(H,24,27)/t17-/m1/s1. The van der Waals surface area contributed by atoms with Gasteiger partial charge in [-0.1, -0.05) is 23.8 Å². The number of hydrogen-bond acceptors (Lipinski definition) is 3. The molecule has 0 bridgehead atoms. The molecule has 0 saturated carbocycles. The van der Waals surface area contributed by atoms with Crippen molar-refractivity contribution in [2.75, 3.05) is 25.1 Å². The van der Waals surface area contributed by atoms with Gasteiger partial charge in [-0.05, 0) is 49.6 Å². The number of methoxy groups -OCH3 is 1. The summed E-state index contributed by atoms with van der Waals surface area (Å²) in [6.07, 6.45) is 0.777. The summed E-state index contributed by atoms with van der Waals surface area (Å²) in [6, 6.07) is 10.6. The normalized spacial score (nSPS) is 16.4. The minimum absolute atomic E-state index is 0.134. The first-order valence-electron chi connectivity index (χ1n) is 9.36. The number of aryl methyl sites for hydroxylation is 2. The third-order valence-electron chi connectivity index (χ3n) is 5.09. The average molecular weight is 384 g/mol. The van der Waals surface area contributed by atoms with E-state index in [1.807, 2.05) is 25.1 Å². The van der Waals surface area contributed by atoms with Gasteiger partial charge < -0.3 is 15.0 Å². The average Bonchev–Trinajstić information content (AvgIpc) is 3.06. The first kappa shape index (κ1) is 19.9. The highest BCUT2D eigenvalue weighted by Gasteiger charge is 2.35. The van der Waals surface area contributed by atoms with Crippen molar-refractivity contribution in [1.29, 1.82) is 0 Å². The monoisotopic (exact) mass is 384 g/mol. The predicted molar refractivity (Wildman–Crippen MR) is 106 cm³/mol. The Balaban J connectivity index is 1.58. The maximum atomic E-state index is 13.8.